The SMILES string of the molecule is Cc1cccc(-n2cc(C(=O)O)cn2)c1[N+](=O)[O-]. The minimum atomic E-state index is -1.13. The first-order valence-electron chi connectivity index (χ1n) is 5.03. The number of hydrogen-bond acceptors (Lipinski definition) is 4. The molecule has 0 atom stereocenters. The van der Waals surface area contributed by atoms with Crippen molar-refractivity contribution in [2.45, 2.75) is 6.92 Å². The second kappa shape index (κ2) is 4.28. The van der Waals surface area contributed by atoms with Crippen LogP contribution in [0.15, 0.2) is 30.6 Å². The molecule has 0 spiro atoms. The van der Waals surface area contributed by atoms with E-state index >= 15 is 0 Å². The van der Waals surface area contributed by atoms with E-state index in [1.807, 2.05) is 0 Å². The molecule has 0 aliphatic rings. The summed E-state index contributed by atoms with van der Waals surface area (Å²) in [4.78, 5) is 21.2. The fourth-order valence-corrected chi connectivity index (χ4v) is 1.63. The second-order valence-corrected chi connectivity index (χ2v) is 3.68. The predicted molar refractivity (Wildman–Crippen MR) is 61.9 cm³/mol. The van der Waals surface area contributed by atoms with E-state index in [0.717, 1.165) is 6.20 Å². The van der Waals surface area contributed by atoms with E-state index in [2.05, 4.69) is 5.10 Å². The third-order valence-electron chi connectivity index (χ3n) is 2.48. The number of carboxylic acids is 1. The summed E-state index contributed by atoms with van der Waals surface area (Å²) in [6.45, 7) is 1.61. The maximum Gasteiger partial charge on any atom is 0.338 e. The van der Waals surface area contributed by atoms with Gasteiger partial charge in [0.05, 0.1) is 16.7 Å². The van der Waals surface area contributed by atoms with E-state index in [-0.39, 0.29) is 16.9 Å². The molecule has 0 saturated carbocycles. The van der Waals surface area contributed by atoms with Crippen LogP contribution in [0.4, 0.5) is 5.69 Å². The topological polar surface area (TPSA) is 98.3 Å². The average Bonchev–Trinajstić information content (AvgIpc) is 2.77. The Morgan fingerprint density at radius 3 is 2.78 bits per heavy atom. The highest BCUT2D eigenvalue weighted by Gasteiger charge is 2.19. The molecule has 1 N–H and O–H groups in total. The lowest BCUT2D eigenvalue weighted by Crippen LogP contribution is -2.02. The molecule has 2 aromatic rings. The minimum absolute atomic E-state index is 0.0224. The zero-order valence-corrected chi connectivity index (χ0v) is 9.40. The molecule has 7 heteroatoms. The summed E-state index contributed by atoms with van der Waals surface area (Å²) in [7, 11) is 0. The number of carboxylic acid groups (broad SMARTS) is 1. The summed E-state index contributed by atoms with van der Waals surface area (Å²) < 4.78 is 1.19. The van der Waals surface area contributed by atoms with Gasteiger partial charge in [0.1, 0.15) is 5.69 Å². The molecule has 0 aliphatic carbocycles. The summed E-state index contributed by atoms with van der Waals surface area (Å²) in [6.07, 6.45) is 2.39. The number of aryl methyl sites for hydroxylation is 1. The van der Waals surface area contributed by atoms with Crippen LogP contribution in [0.2, 0.25) is 0 Å². The number of hydrogen-bond donors (Lipinski definition) is 1. The first-order valence-corrected chi connectivity index (χ1v) is 5.03. The van der Waals surface area contributed by atoms with Crippen molar-refractivity contribution in [1.82, 2.24) is 9.78 Å². The number of para-hydroxylation sites is 1. The number of nitrogens with zero attached hydrogens (tertiary/aromatic N) is 3. The van der Waals surface area contributed by atoms with Crippen molar-refractivity contribution in [3.8, 4) is 5.69 Å². The third-order valence-corrected chi connectivity index (χ3v) is 2.48. The Hall–Kier alpha value is -2.70. The normalized spacial score (nSPS) is 10.3. The Morgan fingerprint density at radius 2 is 2.22 bits per heavy atom. The van der Waals surface area contributed by atoms with E-state index in [1.165, 1.54) is 16.9 Å². The van der Waals surface area contributed by atoms with Crippen molar-refractivity contribution in [2.24, 2.45) is 0 Å². The number of carbonyl (C=O) groups is 1. The highest BCUT2D eigenvalue weighted by atomic mass is 16.6. The fourth-order valence-electron chi connectivity index (χ4n) is 1.63. The Kier molecular flexibility index (Phi) is 2.80. The largest absolute Gasteiger partial charge is 0.478 e. The molecule has 0 saturated heterocycles. The van der Waals surface area contributed by atoms with Crippen LogP contribution in [-0.4, -0.2) is 25.8 Å². The molecule has 0 aliphatic heterocycles. The molecule has 92 valence electrons. The van der Waals surface area contributed by atoms with Gasteiger partial charge in [0.2, 0.25) is 0 Å². The van der Waals surface area contributed by atoms with Gasteiger partial charge in [-0.3, -0.25) is 10.1 Å². The summed E-state index contributed by atoms with van der Waals surface area (Å²) in [5.41, 5.74) is 0.626. The van der Waals surface area contributed by atoms with Crippen LogP contribution in [0.1, 0.15) is 15.9 Å². The number of benzene rings is 1. The Bertz CT molecular complexity index is 633. The van der Waals surface area contributed by atoms with Crippen molar-refractivity contribution < 1.29 is 14.8 Å². The Balaban J connectivity index is 2.59. The molecule has 2 rings (SSSR count). The van der Waals surface area contributed by atoms with Gasteiger partial charge in [-0.1, -0.05) is 12.1 Å². The smallest absolute Gasteiger partial charge is 0.338 e. The van der Waals surface area contributed by atoms with Crippen LogP contribution in [0.25, 0.3) is 5.69 Å². The highest BCUT2D eigenvalue weighted by molar-refractivity contribution is 5.87. The van der Waals surface area contributed by atoms with Gasteiger partial charge in [0.15, 0.2) is 0 Å². The quantitative estimate of drug-likeness (QED) is 0.658. The maximum atomic E-state index is 11.0. The fraction of sp³-hybridized carbons (Fsp3) is 0.0909. The summed E-state index contributed by atoms with van der Waals surface area (Å²) in [5, 5.41) is 23.6. The van der Waals surface area contributed by atoms with E-state index < -0.39 is 10.9 Å². The van der Waals surface area contributed by atoms with Gasteiger partial charge in [0, 0.05) is 11.8 Å². The molecule has 0 bridgehead atoms. The van der Waals surface area contributed by atoms with Crippen molar-refractivity contribution in [2.75, 3.05) is 0 Å². The highest BCUT2D eigenvalue weighted by Crippen LogP contribution is 2.26. The molecule has 0 radical (unpaired) electrons. The van der Waals surface area contributed by atoms with Gasteiger partial charge < -0.3 is 5.11 Å². The van der Waals surface area contributed by atoms with Crippen LogP contribution in [0, 0.1) is 17.0 Å². The average molecular weight is 247 g/mol. The van der Waals surface area contributed by atoms with E-state index in [9.17, 15) is 14.9 Å². The van der Waals surface area contributed by atoms with E-state index in [1.54, 1.807) is 19.1 Å². The van der Waals surface area contributed by atoms with Crippen LogP contribution in [0.3, 0.4) is 0 Å². The Morgan fingerprint density at radius 1 is 1.50 bits per heavy atom. The van der Waals surface area contributed by atoms with Crippen molar-refractivity contribution >= 4 is 11.7 Å². The number of rotatable bonds is 3. The van der Waals surface area contributed by atoms with Crippen molar-refractivity contribution in [3.63, 3.8) is 0 Å². The molecule has 7 nitrogen and oxygen atoms in total. The second-order valence-electron chi connectivity index (χ2n) is 3.68. The van der Waals surface area contributed by atoms with Crippen LogP contribution < -0.4 is 0 Å². The number of aromatic nitrogens is 2. The van der Waals surface area contributed by atoms with Gasteiger partial charge in [-0.05, 0) is 13.0 Å². The number of nitro benzene ring substituents is 1. The molecule has 0 unspecified atom stereocenters. The lowest BCUT2D eigenvalue weighted by atomic mass is 10.2. The van der Waals surface area contributed by atoms with Crippen LogP contribution >= 0.6 is 0 Å². The van der Waals surface area contributed by atoms with E-state index in [0.29, 0.717) is 5.56 Å². The number of aromatic carboxylic acids is 1. The predicted octanol–water partition coefficient (Wildman–Crippen LogP) is 1.79. The van der Waals surface area contributed by atoms with Crippen LogP contribution in [-0.2, 0) is 0 Å². The molecule has 1 aromatic heterocycles. The van der Waals surface area contributed by atoms with Gasteiger partial charge in [0.25, 0.3) is 5.69 Å². The molecular formula is C11H9N3O4. The third kappa shape index (κ3) is 1.93. The van der Waals surface area contributed by atoms with Gasteiger partial charge >= 0.3 is 5.97 Å². The lowest BCUT2D eigenvalue weighted by molar-refractivity contribution is -0.385. The zero-order chi connectivity index (χ0) is 13.3. The molecular weight excluding hydrogens is 238 g/mol. The molecule has 0 amide bonds. The zero-order valence-electron chi connectivity index (χ0n) is 9.40. The van der Waals surface area contributed by atoms with Crippen molar-refractivity contribution in [1.29, 1.82) is 0 Å². The maximum absolute atomic E-state index is 11.0. The first-order chi connectivity index (χ1) is 8.50. The molecule has 0 fully saturated rings. The Labute approximate surface area is 101 Å². The van der Waals surface area contributed by atoms with Gasteiger partial charge in [-0.2, -0.15) is 5.10 Å². The lowest BCUT2D eigenvalue weighted by Gasteiger charge is -2.04. The first kappa shape index (κ1) is 11.8. The standard InChI is InChI=1S/C11H9N3O4/c1-7-3-2-4-9(10(7)14(17)18)13-6-8(5-12-13)11(15)16/h2-6H,1H3,(H,15,16). The van der Waals surface area contributed by atoms with Gasteiger partial charge in [-0.25, -0.2) is 9.48 Å². The van der Waals surface area contributed by atoms with E-state index in [4.69, 9.17) is 5.11 Å². The summed E-state index contributed by atoms with van der Waals surface area (Å²) in [6, 6.07) is 4.78. The van der Waals surface area contributed by atoms with Crippen LogP contribution in [0.5, 0.6) is 0 Å². The molecule has 18 heavy (non-hydrogen) atoms. The molecule has 1 heterocycles. The summed E-state index contributed by atoms with van der Waals surface area (Å²) >= 11 is 0. The summed E-state index contributed by atoms with van der Waals surface area (Å²) in [5.74, 6) is -1.13. The van der Waals surface area contributed by atoms with Crippen molar-refractivity contribution in [3.05, 3.63) is 51.8 Å². The minimum Gasteiger partial charge on any atom is -0.478 e. The van der Waals surface area contributed by atoms with Gasteiger partial charge in [-0.15, -0.1) is 0 Å². The monoisotopic (exact) mass is 247 g/mol. The number of nitro groups is 1. The molecule has 1 aromatic carbocycles.